The van der Waals surface area contributed by atoms with E-state index in [-0.39, 0.29) is 17.0 Å². The second kappa shape index (κ2) is 7.44. The summed E-state index contributed by atoms with van der Waals surface area (Å²) in [5, 5.41) is 2.39. The first-order valence-electron chi connectivity index (χ1n) is 14.3. The summed E-state index contributed by atoms with van der Waals surface area (Å²) < 4.78 is 6.50. The maximum absolute atomic E-state index is 6.50. The van der Waals surface area contributed by atoms with Gasteiger partial charge in [0.05, 0.1) is 11.4 Å². The van der Waals surface area contributed by atoms with Crippen LogP contribution in [0.5, 0.6) is 0 Å². The number of fused-ring (bicyclic) bond motifs is 11. The van der Waals surface area contributed by atoms with Gasteiger partial charge < -0.3 is 14.2 Å². The summed E-state index contributed by atoms with van der Waals surface area (Å²) in [7, 11) is 0. The molecule has 4 unspecified atom stereocenters. The SMILES string of the molecule is CCC1C2(CC)c3ccccc3N3c4ccccc4N(c4ccc5c(oc6ccccc65)c4C)C3C12CC. The summed E-state index contributed by atoms with van der Waals surface area (Å²) in [6, 6.07) is 31.3. The largest absolute Gasteiger partial charge is 0.456 e. The topological polar surface area (TPSA) is 19.6 Å². The zero-order chi connectivity index (χ0) is 25.8. The molecule has 1 aromatic heterocycles. The van der Waals surface area contributed by atoms with Crippen LogP contribution in [0.3, 0.4) is 0 Å². The number of hydrogen-bond donors (Lipinski definition) is 0. The number of hydrogen-bond acceptors (Lipinski definition) is 3. The van der Waals surface area contributed by atoms with Crippen molar-refractivity contribution in [3.05, 3.63) is 96.1 Å². The van der Waals surface area contributed by atoms with Gasteiger partial charge in [-0.15, -0.1) is 0 Å². The Kier molecular flexibility index (Phi) is 4.36. The minimum atomic E-state index is 0.166. The van der Waals surface area contributed by atoms with E-state index in [1.54, 1.807) is 5.56 Å². The predicted octanol–water partition coefficient (Wildman–Crippen LogP) is 9.61. The normalized spacial score (nSPS) is 26.8. The number of aryl methyl sites for hydroxylation is 1. The molecular weight excluding hydrogens is 464 g/mol. The average Bonchev–Trinajstić information content (AvgIpc) is 3.18. The van der Waals surface area contributed by atoms with E-state index in [2.05, 4.69) is 122 Å². The molecule has 1 aliphatic carbocycles. The molecule has 0 spiro atoms. The minimum absolute atomic E-state index is 0.166. The van der Waals surface area contributed by atoms with E-state index < -0.39 is 0 Å². The zero-order valence-electron chi connectivity index (χ0n) is 22.7. The number of benzene rings is 4. The molecule has 0 bridgehead atoms. The molecule has 1 saturated carbocycles. The van der Waals surface area contributed by atoms with Gasteiger partial charge in [0.15, 0.2) is 0 Å². The number of para-hydroxylation sites is 4. The zero-order valence-corrected chi connectivity index (χ0v) is 22.7. The highest BCUT2D eigenvalue weighted by Gasteiger charge is 2.81. The van der Waals surface area contributed by atoms with Crippen molar-refractivity contribution in [1.29, 1.82) is 0 Å². The second-order valence-electron chi connectivity index (χ2n) is 11.5. The maximum atomic E-state index is 6.50. The summed E-state index contributed by atoms with van der Waals surface area (Å²) in [6.45, 7) is 9.51. The van der Waals surface area contributed by atoms with Crippen molar-refractivity contribution in [2.45, 2.75) is 58.5 Å². The summed E-state index contributed by atoms with van der Waals surface area (Å²) >= 11 is 0. The standard InChI is InChI=1S/C35H34N2O/c1-5-31-34(6-2)25-15-9-10-16-27(25)37-29-18-12-11-17-28(29)36(33(37)35(31,34)7-3)26-21-20-24-23-14-8-13-19-30(23)38-32(24)22(26)4/h8-21,31,33H,5-7H2,1-4H3. The Labute approximate surface area is 224 Å². The molecule has 1 fully saturated rings. The van der Waals surface area contributed by atoms with Crippen LogP contribution in [0.4, 0.5) is 22.7 Å². The molecule has 0 amide bonds. The fourth-order valence-electron chi connectivity index (χ4n) is 9.26. The van der Waals surface area contributed by atoms with Gasteiger partial charge in [-0.3, -0.25) is 0 Å². The van der Waals surface area contributed by atoms with E-state index in [1.165, 1.54) is 51.9 Å². The summed E-state index contributed by atoms with van der Waals surface area (Å²) in [5.74, 6) is 0.646. The molecule has 5 aromatic rings. The maximum Gasteiger partial charge on any atom is 0.140 e. The van der Waals surface area contributed by atoms with Crippen LogP contribution in [0.15, 0.2) is 89.3 Å². The molecule has 0 N–H and O–H groups in total. The van der Waals surface area contributed by atoms with E-state index in [1.807, 2.05) is 0 Å². The Balaban J connectivity index is 1.44. The minimum Gasteiger partial charge on any atom is -0.456 e. The number of nitrogens with zero attached hydrogens (tertiary/aromatic N) is 2. The average molecular weight is 499 g/mol. The molecule has 0 saturated heterocycles. The lowest BCUT2D eigenvalue weighted by molar-refractivity contribution is 0.302. The Morgan fingerprint density at radius 3 is 2.05 bits per heavy atom. The fraction of sp³-hybridized carbons (Fsp3) is 0.314. The number of furan rings is 1. The summed E-state index contributed by atoms with van der Waals surface area (Å²) in [5.41, 5.74) is 10.4. The number of anilines is 4. The second-order valence-corrected chi connectivity index (χ2v) is 11.5. The molecule has 4 atom stereocenters. The van der Waals surface area contributed by atoms with Gasteiger partial charge in [-0.05, 0) is 67.6 Å². The van der Waals surface area contributed by atoms with Gasteiger partial charge in [0, 0.05) is 38.5 Å². The van der Waals surface area contributed by atoms with Crippen LogP contribution in [0.1, 0.15) is 51.2 Å². The number of rotatable bonds is 4. The summed E-state index contributed by atoms with van der Waals surface area (Å²) in [6.07, 6.45) is 3.76. The van der Waals surface area contributed by atoms with Gasteiger partial charge in [-0.1, -0.05) is 75.7 Å². The highest BCUT2D eigenvalue weighted by Crippen LogP contribution is 2.82. The molecule has 4 aromatic carbocycles. The first kappa shape index (κ1) is 22.3. The highest BCUT2D eigenvalue weighted by molar-refractivity contribution is 6.08. The van der Waals surface area contributed by atoms with Crippen molar-refractivity contribution in [3.8, 4) is 0 Å². The molecule has 8 rings (SSSR count). The quantitative estimate of drug-likeness (QED) is 0.246. The fourth-order valence-corrected chi connectivity index (χ4v) is 9.26. The molecule has 3 heteroatoms. The van der Waals surface area contributed by atoms with Crippen LogP contribution in [-0.2, 0) is 5.41 Å². The van der Waals surface area contributed by atoms with Crippen LogP contribution in [0.2, 0.25) is 0 Å². The lowest BCUT2D eigenvalue weighted by Crippen LogP contribution is -2.51. The van der Waals surface area contributed by atoms with Crippen molar-refractivity contribution in [2.75, 3.05) is 9.80 Å². The highest BCUT2D eigenvalue weighted by atomic mass is 16.3. The molecular formula is C35H34N2O. The van der Waals surface area contributed by atoms with Crippen molar-refractivity contribution in [2.24, 2.45) is 11.3 Å². The molecule has 3 aliphatic rings. The Bertz CT molecular complexity index is 1750. The van der Waals surface area contributed by atoms with Gasteiger partial charge in [0.2, 0.25) is 0 Å². The van der Waals surface area contributed by atoms with E-state index in [4.69, 9.17) is 4.42 Å². The first-order valence-corrected chi connectivity index (χ1v) is 14.3. The van der Waals surface area contributed by atoms with Crippen LogP contribution in [0, 0.1) is 18.3 Å². The Hall–Kier alpha value is -3.72. The monoisotopic (exact) mass is 498 g/mol. The Morgan fingerprint density at radius 2 is 1.34 bits per heavy atom. The van der Waals surface area contributed by atoms with E-state index >= 15 is 0 Å². The van der Waals surface area contributed by atoms with E-state index in [0.29, 0.717) is 5.92 Å². The molecule has 2 aliphatic heterocycles. The smallest absolute Gasteiger partial charge is 0.140 e. The third-order valence-electron chi connectivity index (χ3n) is 10.5. The molecule has 3 nitrogen and oxygen atoms in total. The van der Waals surface area contributed by atoms with Gasteiger partial charge >= 0.3 is 0 Å². The molecule has 0 radical (unpaired) electrons. The van der Waals surface area contributed by atoms with Crippen LogP contribution in [0.25, 0.3) is 21.9 Å². The van der Waals surface area contributed by atoms with Crippen LogP contribution in [-0.4, -0.2) is 6.17 Å². The van der Waals surface area contributed by atoms with Crippen molar-refractivity contribution in [3.63, 3.8) is 0 Å². The molecule has 190 valence electrons. The van der Waals surface area contributed by atoms with Crippen LogP contribution < -0.4 is 9.80 Å². The lowest BCUT2D eigenvalue weighted by Gasteiger charge is -2.46. The predicted molar refractivity (Wildman–Crippen MR) is 158 cm³/mol. The van der Waals surface area contributed by atoms with Gasteiger partial charge in [-0.25, -0.2) is 0 Å². The van der Waals surface area contributed by atoms with Gasteiger partial charge in [0.25, 0.3) is 0 Å². The lowest BCUT2D eigenvalue weighted by atomic mass is 9.76. The van der Waals surface area contributed by atoms with Crippen molar-refractivity contribution >= 4 is 44.7 Å². The third-order valence-corrected chi connectivity index (χ3v) is 10.5. The van der Waals surface area contributed by atoms with E-state index in [0.717, 1.165) is 17.6 Å². The van der Waals surface area contributed by atoms with Gasteiger partial charge in [-0.2, -0.15) is 0 Å². The third kappa shape index (κ3) is 2.30. The molecule has 38 heavy (non-hydrogen) atoms. The first-order chi connectivity index (χ1) is 18.6. The van der Waals surface area contributed by atoms with Crippen LogP contribution >= 0.6 is 0 Å². The van der Waals surface area contributed by atoms with Crippen molar-refractivity contribution in [1.82, 2.24) is 0 Å². The van der Waals surface area contributed by atoms with Gasteiger partial charge in [0.1, 0.15) is 17.3 Å². The van der Waals surface area contributed by atoms with E-state index in [9.17, 15) is 0 Å². The molecule has 3 heterocycles. The van der Waals surface area contributed by atoms with Crippen molar-refractivity contribution < 1.29 is 4.42 Å². The summed E-state index contributed by atoms with van der Waals surface area (Å²) in [4.78, 5) is 5.36. The Morgan fingerprint density at radius 1 is 0.684 bits per heavy atom.